The molecule has 0 aromatic carbocycles. The third-order valence-corrected chi connectivity index (χ3v) is 3.89. The molecular formula is C15H30N2O2. The van der Waals surface area contributed by atoms with Gasteiger partial charge in [-0.05, 0) is 37.8 Å². The summed E-state index contributed by atoms with van der Waals surface area (Å²) in [6.07, 6.45) is 3.68. The van der Waals surface area contributed by atoms with Gasteiger partial charge in [-0.1, -0.05) is 27.7 Å². The van der Waals surface area contributed by atoms with Crippen molar-refractivity contribution in [2.24, 2.45) is 5.41 Å². The maximum Gasteiger partial charge on any atom is 0.324 e. The number of methoxy groups -OCH3 is 1. The van der Waals surface area contributed by atoms with Gasteiger partial charge in [0.1, 0.15) is 6.04 Å². The van der Waals surface area contributed by atoms with E-state index in [0.29, 0.717) is 5.41 Å². The minimum atomic E-state index is -0.216. The third kappa shape index (κ3) is 5.91. The van der Waals surface area contributed by atoms with E-state index in [1.807, 2.05) is 0 Å². The Morgan fingerprint density at radius 1 is 1.32 bits per heavy atom. The van der Waals surface area contributed by atoms with E-state index in [9.17, 15) is 4.79 Å². The summed E-state index contributed by atoms with van der Waals surface area (Å²) in [4.78, 5) is 14.2. The van der Waals surface area contributed by atoms with E-state index in [-0.39, 0.29) is 18.1 Å². The first kappa shape index (κ1) is 16.4. The SMILES string of the molecule is COC(=O)C(CN1CCCC(C)(C)CC1)NC(C)C. The third-order valence-electron chi connectivity index (χ3n) is 3.89. The highest BCUT2D eigenvalue weighted by molar-refractivity contribution is 5.75. The molecule has 0 spiro atoms. The quantitative estimate of drug-likeness (QED) is 0.776. The largest absolute Gasteiger partial charge is 0.468 e. The molecule has 1 fully saturated rings. The van der Waals surface area contributed by atoms with Gasteiger partial charge in [0.05, 0.1) is 7.11 Å². The van der Waals surface area contributed by atoms with Crippen molar-refractivity contribution in [1.82, 2.24) is 10.2 Å². The van der Waals surface area contributed by atoms with Gasteiger partial charge in [-0.2, -0.15) is 0 Å². The van der Waals surface area contributed by atoms with Crippen LogP contribution in [0.5, 0.6) is 0 Å². The lowest BCUT2D eigenvalue weighted by atomic mass is 9.85. The molecule has 19 heavy (non-hydrogen) atoms. The second kappa shape index (κ2) is 7.25. The molecular weight excluding hydrogens is 240 g/mol. The zero-order chi connectivity index (χ0) is 14.5. The normalized spacial score (nSPS) is 22.0. The van der Waals surface area contributed by atoms with Gasteiger partial charge in [0.25, 0.3) is 0 Å². The molecule has 0 bridgehead atoms. The number of carbonyl (C=O) groups excluding carboxylic acids is 1. The maximum atomic E-state index is 11.8. The van der Waals surface area contributed by atoms with Crippen LogP contribution in [0.3, 0.4) is 0 Å². The fraction of sp³-hybridized carbons (Fsp3) is 0.933. The molecule has 1 N–H and O–H groups in total. The summed E-state index contributed by atoms with van der Waals surface area (Å²) in [7, 11) is 1.46. The molecule has 0 aromatic heterocycles. The molecule has 4 heteroatoms. The summed E-state index contributed by atoms with van der Waals surface area (Å²) in [5.74, 6) is -0.155. The Morgan fingerprint density at radius 2 is 2.00 bits per heavy atom. The predicted octanol–water partition coefficient (Wildman–Crippen LogP) is 2.04. The van der Waals surface area contributed by atoms with Crippen LogP contribution in [-0.2, 0) is 9.53 Å². The molecule has 1 aliphatic rings. The van der Waals surface area contributed by atoms with Crippen LogP contribution >= 0.6 is 0 Å². The van der Waals surface area contributed by atoms with Crippen LogP contribution in [0.2, 0.25) is 0 Å². The average molecular weight is 270 g/mol. The number of likely N-dealkylation sites (tertiary alicyclic amines) is 1. The number of esters is 1. The fourth-order valence-electron chi connectivity index (χ4n) is 2.66. The van der Waals surface area contributed by atoms with Crippen molar-refractivity contribution in [3.63, 3.8) is 0 Å². The first-order valence-electron chi connectivity index (χ1n) is 7.40. The van der Waals surface area contributed by atoms with Crippen LogP contribution in [0, 0.1) is 5.41 Å². The first-order chi connectivity index (χ1) is 8.84. The molecule has 4 nitrogen and oxygen atoms in total. The number of nitrogens with one attached hydrogen (secondary N) is 1. The Bertz CT molecular complexity index is 290. The minimum Gasteiger partial charge on any atom is -0.468 e. The Morgan fingerprint density at radius 3 is 2.58 bits per heavy atom. The predicted molar refractivity (Wildman–Crippen MR) is 78.1 cm³/mol. The highest BCUT2D eigenvalue weighted by atomic mass is 16.5. The topological polar surface area (TPSA) is 41.6 Å². The lowest BCUT2D eigenvalue weighted by Gasteiger charge is -2.27. The van der Waals surface area contributed by atoms with Gasteiger partial charge in [-0.15, -0.1) is 0 Å². The lowest BCUT2D eigenvalue weighted by molar-refractivity contribution is -0.143. The van der Waals surface area contributed by atoms with Crippen molar-refractivity contribution in [3.8, 4) is 0 Å². The Kier molecular flexibility index (Phi) is 6.27. The molecule has 1 atom stereocenters. The van der Waals surface area contributed by atoms with Gasteiger partial charge in [0.2, 0.25) is 0 Å². The molecule has 1 aliphatic heterocycles. The van der Waals surface area contributed by atoms with Crippen molar-refractivity contribution < 1.29 is 9.53 Å². The molecule has 1 rings (SSSR count). The average Bonchev–Trinajstić information content (AvgIpc) is 2.48. The molecule has 0 saturated carbocycles. The summed E-state index contributed by atoms with van der Waals surface area (Å²) in [5, 5.41) is 3.30. The van der Waals surface area contributed by atoms with Gasteiger partial charge < -0.3 is 15.0 Å². The summed E-state index contributed by atoms with van der Waals surface area (Å²) >= 11 is 0. The standard InChI is InChI=1S/C15H30N2O2/c1-12(2)16-13(14(18)19-5)11-17-9-6-7-15(3,4)8-10-17/h12-13,16H,6-11H2,1-5H3. The van der Waals surface area contributed by atoms with Gasteiger partial charge in [-0.3, -0.25) is 4.79 Å². The molecule has 0 aliphatic carbocycles. The van der Waals surface area contributed by atoms with Crippen LogP contribution in [0.15, 0.2) is 0 Å². The highest BCUT2D eigenvalue weighted by Crippen LogP contribution is 2.29. The van der Waals surface area contributed by atoms with E-state index in [1.54, 1.807) is 0 Å². The van der Waals surface area contributed by atoms with E-state index in [0.717, 1.165) is 19.6 Å². The number of carbonyl (C=O) groups is 1. The molecule has 0 amide bonds. The second-order valence-electron chi connectivity index (χ2n) is 6.72. The second-order valence-corrected chi connectivity index (χ2v) is 6.72. The van der Waals surface area contributed by atoms with E-state index in [2.05, 4.69) is 37.9 Å². The maximum absolute atomic E-state index is 11.8. The van der Waals surface area contributed by atoms with Crippen molar-refractivity contribution in [3.05, 3.63) is 0 Å². The number of nitrogens with zero attached hydrogens (tertiary/aromatic N) is 1. The minimum absolute atomic E-state index is 0.155. The van der Waals surface area contributed by atoms with E-state index < -0.39 is 0 Å². The van der Waals surface area contributed by atoms with Crippen LogP contribution in [-0.4, -0.2) is 49.7 Å². The van der Waals surface area contributed by atoms with E-state index >= 15 is 0 Å². The van der Waals surface area contributed by atoms with Gasteiger partial charge >= 0.3 is 5.97 Å². The van der Waals surface area contributed by atoms with Gasteiger partial charge in [-0.25, -0.2) is 0 Å². The van der Waals surface area contributed by atoms with Crippen LogP contribution in [0.25, 0.3) is 0 Å². The molecule has 1 unspecified atom stereocenters. The number of ether oxygens (including phenoxy) is 1. The van der Waals surface area contributed by atoms with Crippen molar-refractivity contribution in [1.29, 1.82) is 0 Å². The van der Waals surface area contributed by atoms with Crippen molar-refractivity contribution in [2.75, 3.05) is 26.7 Å². The molecule has 0 radical (unpaired) electrons. The van der Waals surface area contributed by atoms with E-state index in [1.165, 1.54) is 26.4 Å². The molecule has 0 aromatic rings. The zero-order valence-electron chi connectivity index (χ0n) is 13.2. The summed E-state index contributed by atoms with van der Waals surface area (Å²) in [5.41, 5.74) is 0.432. The summed E-state index contributed by atoms with van der Waals surface area (Å²) in [6, 6.07) is 0.0683. The summed E-state index contributed by atoms with van der Waals surface area (Å²) in [6.45, 7) is 11.7. The fourth-order valence-corrected chi connectivity index (χ4v) is 2.66. The zero-order valence-corrected chi connectivity index (χ0v) is 13.2. The van der Waals surface area contributed by atoms with Gasteiger partial charge in [0, 0.05) is 12.6 Å². The van der Waals surface area contributed by atoms with E-state index in [4.69, 9.17) is 4.74 Å². The first-order valence-corrected chi connectivity index (χ1v) is 7.40. The Balaban J connectivity index is 2.55. The Hall–Kier alpha value is -0.610. The van der Waals surface area contributed by atoms with Crippen molar-refractivity contribution in [2.45, 2.75) is 59.0 Å². The smallest absolute Gasteiger partial charge is 0.324 e. The number of rotatable bonds is 5. The summed E-state index contributed by atoms with van der Waals surface area (Å²) < 4.78 is 4.90. The highest BCUT2D eigenvalue weighted by Gasteiger charge is 2.27. The molecule has 112 valence electrons. The van der Waals surface area contributed by atoms with Crippen LogP contribution in [0.1, 0.15) is 47.0 Å². The molecule has 1 saturated heterocycles. The van der Waals surface area contributed by atoms with Crippen LogP contribution < -0.4 is 5.32 Å². The molecule has 1 heterocycles. The Labute approximate surface area is 117 Å². The van der Waals surface area contributed by atoms with Crippen LogP contribution in [0.4, 0.5) is 0 Å². The number of hydrogen-bond donors (Lipinski definition) is 1. The number of hydrogen-bond acceptors (Lipinski definition) is 4. The monoisotopic (exact) mass is 270 g/mol. The lowest BCUT2D eigenvalue weighted by Crippen LogP contribution is -2.49. The van der Waals surface area contributed by atoms with Crippen molar-refractivity contribution >= 4 is 5.97 Å². The van der Waals surface area contributed by atoms with Gasteiger partial charge in [0.15, 0.2) is 0 Å².